The molecule has 3 heteroatoms. The summed E-state index contributed by atoms with van der Waals surface area (Å²) in [6, 6.07) is 7.17. The lowest BCUT2D eigenvalue weighted by atomic mass is 9.98. The van der Waals surface area contributed by atoms with Gasteiger partial charge in [0.1, 0.15) is 0 Å². The molecule has 1 aromatic carbocycles. The first-order chi connectivity index (χ1) is 10.1. The van der Waals surface area contributed by atoms with Crippen molar-refractivity contribution in [1.29, 1.82) is 0 Å². The lowest BCUT2D eigenvalue weighted by Gasteiger charge is -2.29. The van der Waals surface area contributed by atoms with Crippen LogP contribution in [0, 0.1) is 13.8 Å². The Bertz CT molecular complexity index is 447. The van der Waals surface area contributed by atoms with Crippen molar-refractivity contribution in [3.63, 3.8) is 0 Å². The number of nitrogens with one attached hydrogen (secondary N) is 1. The monoisotopic (exact) mass is 290 g/mol. The van der Waals surface area contributed by atoms with Crippen molar-refractivity contribution in [2.45, 2.75) is 46.3 Å². The molecule has 1 aromatic rings. The number of nitrogens with zero attached hydrogens (tertiary/aromatic N) is 1. The van der Waals surface area contributed by atoms with E-state index in [2.05, 4.69) is 56.1 Å². The zero-order chi connectivity index (χ0) is 15.2. The Kier molecular flexibility index (Phi) is 6.22. The molecule has 1 fully saturated rings. The van der Waals surface area contributed by atoms with Gasteiger partial charge in [-0.1, -0.05) is 30.7 Å². The summed E-state index contributed by atoms with van der Waals surface area (Å²) in [6.45, 7) is 13.9. The third-order valence-electron chi connectivity index (χ3n) is 4.24. The largest absolute Gasteiger partial charge is 0.377 e. The lowest BCUT2D eigenvalue weighted by molar-refractivity contribution is 0.0664. The number of benzene rings is 1. The molecule has 0 spiro atoms. The van der Waals surface area contributed by atoms with Crippen molar-refractivity contribution in [3.05, 3.63) is 34.9 Å². The van der Waals surface area contributed by atoms with Crippen LogP contribution in [0.1, 0.15) is 43.0 Å². The fraction of sp³-hybridized carbons (Fsp3) is 0.667. The zero-order valence-electron chi connectivity index (χ0n) is 14.0. The predicted molar refractivity (Wildman–Crippen MR) is 88.8 cm³/mol. The first kappa shape index (κ1) is 16.5. The van der Waals surface area contributed by atoms with Crippen LogP contribution in [0.5, 0.6) is 0 Å². The highest BCUT2D eigenvalue weighted by atomic mass is 16.5. The van der Waals surface area contributed by atoms with Gasteiger partial charge in [0.15, 0.2) is 0 Å². The van der Waals surface area contributed by atoms with E-state index in [1.165, 1.54) is 16.7 Å². The minimum Gasteiger partial charge on any atom is -0.377 e. The Morgan fingerprint density at radius 2 is 2.19 bits per heavy atom. The van der Waals surface area contributed by atoms with Gasteiger partial charge in [-0.15, -0.1) is 0 Å². The van der Waals surface area contributed by atoms with E-state index in [0.717, 1.165) is 39.2 Å². The molecule has 0 amide bonds. The van der Waals surface area contributed by atoms with Crippen molar-refractivity contribution in [3.8, 4) is 0 Å². The van der Waals surface area contributed by atoms with E-state index in [-0.39, 0.29) is 0 Å². The van der Waals surface area contributed by atoms with Crippen molar-refractivity contribution >= 4 is 0 Å². The summed E-state index contributed by atoms with van der Waals surface area (Å²) in [7, 11) is 0. The van der Waals surface area contributed by atoms with Crippen LogP contribution in [0.4, 0.5) is 0 Å². The molecular formula is C18H30N2O. The number of ether oxygens (including phenoxy) is 1. The van der Waals surface area contributed by atoms with Crippen LogP contribution in [0.15, 0.2) is 18.2 Å². The number of rotatable bonds is 5. The SMILES string of the molecule is CCNC(CN1CCCOC(C)C1)c1cc(C)ccc1C. The fourth-order valence-electron chi connectivity index (χ4n) is 3.16. The molecule has 21 heavy (non-hydrogen) atoms. The minimum absolute atomic E-state index is 0.341. The number of hydrogen-bond donors (Lipinski definition) is 1. The van der Waals surface area contributed by atoms with Crippen LogP contribution in [-0.2, 0) is 4.74 Å². The summed E-state index contributed by atoms with van der Waals surface area (Å²) >= 11 is 0. The van der Waals surface area contributed by atoms with E-state index in [4.69, 9.17) is 4.74 Å². The van der Waals surface area contributed by atoms with Gasteiger partial charge in [-0.05, 0) is 44.9 Å². The summed E-state index contributed by atoms with van der Waals surface area (Å²) in [5.41, 5.74) is 4.16. The van der Waals surface area contributed by atoms with Crippen molar-refractivity contribution in [2.24, 2.45) is 0 Å². The first-order valence-corrected chi connectivity index (χ1v) is 8.24. The van der Waals surface area contributed by atoms with Gasteiger partial charge < -0.3 is 10.1 Å². The molecule has 2 rings (SSSR count). The average molecular weight is 290 g/mol. The molecule has 1 saturated heterocycles. The second kappa shape index (κ2) is 7.92. The summed E-state index contributed by atoms with van der Waals surface area (Å²) in [4.78, 5) is 2.55. The quantitative estimate of drug-likeness (QED) is 0.902. The first-order valence-electron chi connectivity index (χ1n) is 8.24. The average Bonchev–Trinajstić information content (AvgIpc) is 2.65. The van der Waals surface area contributed by atoms with Gasteiger partial charge in [0.05, 0.1) is 6.10 Å². The lowest BCUT2D eigenvalue weighted by Crippen LogP contribution is -2.38. The maximum atomic E-state index is 5.76. The van der Waals surface area contributed by atoms with Crippen LogP contribution < -0.4 is 5.32 Å². The molecule has 0 bridgehead atoms. The normalized spacial score (nSPS) is 22.0. The molecule has 1 aliphatic heterocycles. The molecular weight excluding hydrogens is 260 g/mol. The summed E-state index contributed by atoms with van der Waals surface area (Å²) in [6.07, 6.45) is 1.48. The Labute approximate surface area is 129 Å². The second-order valence-electron chi connectivity index (χ2n) is 6.26. The third-order valence-corrected chi connectivity index (χ3v) is 4.24. The highest BCUT2D eigenvalue weighted by Gasteiger charge is 2.20. The van der Waals surface area contributed by atoms with Crippen molar-refractivity contribution in [1.82, 2.24) is 10.2 Å². The Morgan fingerprint density at radius 1 is 1.38 bits per heavy atom. The van der Waals surface area contributed by atoms with Gasteiger partial charge in [0.25, 0.3) is 0 Å². The van der Waals surface area contributed by atoms with Crippen molar-refractivity contribution < 1.29 is 4.74 Å². The number of hydrogen-bond acceptors (Lipinski definition) is 3. The van der Waals surface area contributed by atoms with Gasteiger partial charge in [-0.3, -0.25) is 4.90 Å². The fourth-order valence-corrected chi connectivity index (χ4v) is 3.16. The van der Waals surface area contributed by atoms with Crippen LogP contribution >= 0.6 is 0 Å². The van der Waals surface area contributed by atoms with Crippen LogP contribution in [-0.4, -0.2) is 43.8 Å². The third kappa shape index (κ3) is 4.80. The molecule has 0 aromatic heterocycles. The van der Waals surface area contributed by atoms with E-state index in [0.29, 0.717) is 12.1 Å². The minimum atomic E-state index is 0.341. The standard InChI is InChI=1S/C18H30N2O/c1-5-19-18(17-11-14(2)7-8-15(17)3)13-20-9-6-10-21-16(4)12-20/h7-8,11,16,18-19H,5-6,9-10,12-13H2,1-4H3. The van der Waals surface area contributed by atoms with Gasteiger partial charge >= 0.3 is 0 Å². The van der Waals surface area contributed by atoms with Gasteiger partial charge in [0, 0.05) is 32.3 Å². The topological polar surface area (TPSA) is 24.5 Å². The van der Waals surface area contributed by atoms with Gasteiger partial charge in [0.2, 0.25) is 0 Å². The molecule has 0 saturated carbocycles. The highest BCUT2D eigenvalue weighted by molar-refractivity contribution is 5.33. The van der Waals surface area contributed by atoms with Gasteiger partial charge in [-0.2, -0.15) is 0 Å². The molecule has 2 unspecified atom stereocenters. The maximum absolute atomic E-state index is 5.76. The predicted octanol–water partition coefficient (Wildman–Crippen LogP) is 3.06. The molecule has 3 nitrogen and oxygen atoms in total. The molecule has 118 valence electrons. The summed E-state index contributed by atoms with van der Waals surface area (Å²) in [5.74, 6) is 0. The Morgan fingerprint density at radius 3 is 2.95 bits per heavy atom. The maximum Gasteiger partial charge on any atom is 0.0673 e. The number of aryl methyl sites for hydroxylation is 2. The highest BCUT2D eigenvalue weighted by Crippen LogP contribution is 2.21. The number of likely N-dealkylation sites (N-methyl/N-ethyl adjacent to an activating group) is 1. The molecule has 0 aliphatic carbocycles. The molecule has 2 atom stereocenters. The molecule has 1 N–H and O–H groups in total. The zero-order valence-corrected chi connectivity index (χ0v) is 14.0. The van der Waals surface area contributed by atoms with E-state index in [9.17, 15) is 0 Å². The van der Waals surface area contributed by atoms with Crippen molar-refractivity contribution in [2.75, 3.05) is 32.8 Å². The molecule has 1 heterocycles. The Balaban J connectivity index is 2.12. The van der Waals surface area contributed by atoms with E-state index in [1.54, 1.807) is 0 Å². The smallest absolute Gasteiger partial charge is 0.0673 e. The molecule has 0 radical (unpaired) electrons. The van der Waals surface area contributed by atoms with E-state index in [1.807, 2.05) is 0 Å². The molecule has 1 aliphatic rings. The Hall–Kier alpha value is -0.900. The van der Waals surface area contributed by atoms with Crippen LogP contribution in [0.3, 0.4) is 0 Å². The second-order valence-corrected chi connectivity index (χ2v) is 6.26. The van der Waals surface area contributed by atoms with Crippen LogP contribution in [0.25, 0.3) is 0 Å². The van der Waals surface area contributed by atoms with E-state index < -0.39 is 0 Å². The summed E-state index contributed by atoms with van der Waals surface area (Å²) in [5, 5.41) is 3.67. The van der Waals surface area contributed by atoms with E-state index >= 15 is 0 Å². The summed E-state index contributed by atoms with van der Waals surface area (Å²) < 4.78 is 5.76. The van der Waals surface area contributed by atoms with Crippen LogP contribution in [0.2, 0.25) is 0 Å². The van der Waals surface area contributed by atoms with Gasteiger partial charge in [-0.25, -0.2) is 0 Å².